The molecule has 112 valence electrons. The standard InChI is InChI=1S/C17H27IN2/c1-3-4-11-20-12-9-17(10-13-20)19-14(2)15-5-7-16(18)8-6-15/h5-8,14,17,19H,3-4,9-13H2,1-2H3. The molecular weight excluding hydrogens is 359 g/mol. The lowest BCUT2D eigenvalue weighted by Gasteiger charge is -2.34. The van der Waals surface area contributed by atoms with Gasteiger partial charge in [-0.2, -0.15) is 0 Å². The molecule has 1 unspecified atom stereocenters. The summed E-state index contributed by atoms with van der Waals surface area (Å²) >= 11 is 2.36. The van der Waals surface area contributed by atoms with Gasteiger partial charge in [-0.1, -0.05) is 25.5 Å². The van der Waals surface area contributed by atoms with Gasteiger partial charge in [-0.15, -0.1) is 0 Å². The van der Waals surface area contributed by atoms with Crippen LogP contribution in [0.5, 0.6) is 0 Å². The summed E-state index contributed by atoms with van der Waals surface area (Å²) in [6.07, 6.45) is 5.23. The summed E-state index contributed by atoms with van der Waals surface area (Å²) < 4.78 is 1.31. The molecule has 2 rings (SSSR count). The van der Waals surface area contributed by atoms with Crippen molar-refractivity contribution in [1.29, 1.82) is 0 Å². The highest BCUT2D eigenvalue weighted by atomic mass is 127. The second kappa shape index (κ2) is 8.35. The highest BCUT2D eigenvalue weighted by Gasteiger charge is 2.20. The number of unbranched alkanes of at least 4 members (excludes halogenated alkanes) is 1. The van der Waals surface area contributed by atoms with Gasteiger partial charge in [0, 0.05) is 15.7 Å². The molecule has 0 aromatic heterocycles. The smallest absolute Gasteiger partial charge is 0.0294 e. The summed E-state index contributed by atoms with van der Waals surface area (Å²) in [5, 5.41) is 3.80. The van der Waals surface area contributed by atoms with Crippen LogP contribution >= 0.6 is 22.6 Å². The molecule has 0 bridgehead atoms. The van der Waals surface area contributed by atoms with E-state index >= 15 is 0 Å². The molecule has 0 spiro atoms. The Morgan fingerprint density at radius 3 is 2.50 bits per heavy atom. The number of hydrogen-bond acceptors (Lipinski definition) is 2. The average Bonchev–Trinajstić information content (AvgIpc) is 2.47. The topological polar surface area (TPSA) is 15.3 Å². The first-order chi connectivity index (χ1) is 9.69. The highest BCUT2D eigenvalue weighted by molar-refractivity contribution is 14.1. The number of nitrogens with one attached hydrogen (secondary N) is 1. The second-order valence-corrected chi connectivity index (χ2v) is 7.16. The molecule has 1 saturated heterocycles. The molecule has 3 heteroatoms. The quantitative estimate of drug-likeness (QED) is 0.737. The maximum Gasteiger partial charge on any atom is 0.0294 e. The molecule has 0 radical (unpaired) electrons. The summed E-state index contributed by atoms with van der Waals surface area (Å²) in [6.45, 7) is 8.37. The monoisotopic (exact) mass is 386 g/mol. The molecule has 1 atom stereocenters. The van der Waals surface area contributed by atoms with E-state index in [2.05, 4.69) is 70.9 Å². The van der Waals surface area contributed by atoms with Crippen molar-refractivity contribution in [3.05, 3.63) is 33.4 Å². The molecule has 1 heterocycles. The Labute approximate surface area is 137 Å². The molecule has 20 heavy (non-hydrogen) atoms. The van der Waals surface area contributed by atoms with Crippen LogP contribution in [0.25, 0.3) is 0 Å². The van der Waals surface area contributed by atoms with Crippen molar-refractivity contribution in [3.8, 4) is 0 Å². The van der Waals surface area contributed by atoms with Crippen LogP contribution in [0.2, 0.25) is 0 Å². The first-order valence-corrected chi connectivity index (χ1v) is 9.00. The van der Waals surface area contributed by atoms with Crippen molar-refractivity contribution in [2.24, 2.45) is 0 Å². The Hall–Kier alpha value is -0.130. The summed E-state index contributed by atoms with van der Waals surface area (Å²) in [4.78, 5) is 2.62. The average molecular weight is 386 g/mol. The molecule has 1 fully saturated rings. The van der Waals surface area contributed by atoms with E-state index in [-0.39, 0.29) is 0 Å². The molecule has 1 N–H and O–H groups in total. The maximum atomic E-state index is 3.80. The molecule has 1 aliphatic heterocycles. The van der Waals surface area contributed by atoms with Gasteiger partial charge >= 0.3 is 0 Å². The van der Waals surface area contributed by atoms with Crippen molar-refractivity contribution >= 4 is 22.6 Å². The minimum atomic E-state index is 0.458. The van der Waals surface area contributed by atoms with Gasteiger partial charge in [0.15, 0.2) is 0 Å². The predicted octanol–water partition coefficient (Wildman–Crippen LogP) is 4.21. The first kappa shape index (κ1) is 16.2. The Balaban J connectivity index is 1.76. The van der Waals surface area contributed by atoms with E-state index in [9.17, 15) is 0 Å². The van der Waals surface area contributed by atoms with Crippen LogP contribution in [0.3, 0.4) is 0 Å². The van der Waals surface area contributed by atoms with Gasteiger partial charge in [0.25, 0.3) is 0 Å². The van der Waals surface area contributed by atoms with Crippen LogP contribution in [0.15, 0.2) is 24.3 Å². The molecule has 1 aromatic rings. The number of hydrogen-bond donors (Lipinski definition) is 1. The molecule has 0 amide bonds. The Morgan fingerprint density at radius 1 is 1.25 bits per heavy atom. The van der Waals surface area contributed by atoms with Crippen molar-refractivity contribution in [3.63, 3.8) is 0 Å². The van der Waals surface area contributed by atoms with Gasteiger partial charge in [0.1, 0.15) is 0 Å². The van der Waals surface area contributed by atoms with Crippen LogP contribution < -0.4 is 5.32 Å². The van der Waals surface area contributed by atoms with E-state index in [1.807, 2.05) is 0 Å². The Bertz CT molecular complexity index is 382. The SMILES string of the molecule is CCCCN1CCC(NC(C)c2ccc(I)cc2)CC1. The zero-order chi connectivity index (χ0) is 14.4. The van der Waals surface area contributed by atoms with Gasteiger partial charge in [0.2, 0.25) is 0 Å². The van der Waals surface area contributed by atoms with Gasteiger partial charge in [0.05, 0.1) is 0 Å². The van der Waals surface area contributed by atoms with Gasteiger partial charge in [-0.25, -0.2) is 0 Å². The molecule has 0 saturated carbocycles. The maximum absolute atomic E-state index is 3.80. The number of piperidine rings is 1. The molecule has 0 aliphatic carbocycles. The Morgan fingerprint density at radius 2 is 1.90 bits per heavy atom. The van der Waals surface area contributed by atoms with E-state index in [0.29, 0.717) is 12.1 Å². The lowest BCUT2D eigenvalue weighted by Crippen LogP contribution is -2.43. The zero-order valence-corrected chi connectivity index (χ0v) is 14.9. The van der Waals surface area contributed by atoms with Gasteiger partial charge in [-0.05, 0) is 86.1 Å². The Kier molecular flexibility index (Phi) is 6.78. The van der Waals surface area contributed by atoms with Gasteiger partial charge in [-0.3, -0.25) is 0 Å². The number of rotatable bonds is 6. The van der Waals surface area contributed by atoms with Crippen LogP contribution in [0.4, 0.5) is 0 Å². The third kappa shape index (κ3) is 5.01. The second-order valence-electron chi connectivity index (χ2n) is 5.91. The number of nitrogens with zero attached hydrogens (tertiary/aromatic N) is 1. The summed E-state index contributed by atoms with van der Waals surface area (Å²) in [5.74, 6) is 0. The minimum absolute atomic E-state index is 0.458. The van der Waals surface area contributed by atoms with Crippen molar-refractivity contribution in [1.82, 2.24) is 10.2 Å². The molecular formula is C17H27IN2. The van der Waals surface area contributed by atoms with Gasteiger partial charge < -0.3 is 10.2 Å². The summed E-state index contributed by atoms with van der Waals surface area (Å²) in [7, 11) is 0. The summed E-state index contributed by atoms with van der Waals surface area (Å²) in [6, 6.07) is 10.0. The van der Waals surface area contributed by atoms with E-state index in [0.717, 1.165) is 0 Å². The van der Waals surface area contributed by atoms with Crippen molar-refractivity contribution in [2.75, 3.05) is 19.6 Å². The first-order valence-electron chi connectivity index (χ1n) is 7.93. The normalized spacial score (nSPS) is 19.1. The van der Waals surface area contributed by atoms with E-state index in [4.69, 9.17) is 0 Å². The van der Waals surface area contributed by atoms with Crippen molar-refractivity contribution < 1.29 is 0 Å². The van der Waals surface area contributed by atoms with Crippen LogP contribution in [-0.2, 0) is 0 Å². The third-order valence-electron chi connectivity index (χ3n) is 4.27. The van der Waals surface area contributed by atoms with Crippen LogP contribution in [-0.4, -0.2) is 30.6 Å². The van der Waals surface area contributed by atoms with E-state index in [1.54, 1.807) is 0 Å². The largest absolute Gasteiger partial charge is 0.307 e. The highest BCUT2D eigenvalue weighted by Crippen LogP contribution is 2.18. The number of likely N-dealkylation sites (tertiary alicyclic amines) is 1. The van der Waals surface area contributed by atoms with E-state index < -0.39 is 0 Å². The zero-order valence-electron chi connectivity index (χ0n) is 12.7. The lowest BCUT2D eigenvalue weighted by molar-refractivity contribution is 0.190. The lowest BCUT2D eigenvalue weighted by atomic mass is 10.0. The van der Waals surface area contributed by atoms with Crippen LogP contribution in [0, 0.1) is 3.57 Å². The number of halogens is 1. The third-order valence-corrected chi connectivity index (χ3v) is 4.99. The van der Waals surface area contributed by atoms with Crippen LogP contribution in [0.1, 0.15) is 51.1 Å². The minimum Gasteiger partial charge on any atom is -0.307 e. The predicted molar refractivity (Wildman–Crippen MR) is 95.1 cm³/mol. The fourth-order valence-electron chi connectivity index (χ4n) is 2.91. The van der Waals surface area contributed by atoms with E-state index in [1.165, 1.54) is 54.5 Å². The fourth-order valence-corrected chi connectivity index (χ4v) is 3.27. The molecule has 1 aliphatic rings. The number of benzene rings is 1. The fraction of sp³-hybridized carbons (Fsp3) is 0.647. The van der Waals surface area contributed by atoms with Crippen molar-refractivity contribution in [2.45, 2.75) is 51.6 Å². The molecule has 1 aromatic carbocycles. The summed E-state index contributed by atoms with van der Waals surface area (Å²) in [5.41, 5.74) is 1.40. The molecule has 2 nitrogen and oxygen atoms in total.